The molecule has 1 aliphatic rings. The lowest BCUT2D eigenvalue weighted by Crippen LogP contribution is -2.31. The first-order chi connectivity index (χ1) is 16.1. The lowest BCUT2D eigenvalue weighted by Gasteiger charge is -2.17. The van der Waals surface area contributed by atoms with E-state index in [1.54, 1.807) is 25.3 Å². The molecule has 1 unspecified atom stereocenters. The highest BCUT2D eigenvalue weighted by molar-refractivity contribution is 8.15. The fourth-order valence-electron chi connectivity index (χ4n) is 3.86. The highest BCUT2D eigenvalue weighted by Crippen LogP contribution is 2.33. The molecule has 0 saturated carbocycles. The molecule has 3 aromatic carbocycles. The standard InChI is InChI=1S/C26H27N3O3S/c1-4-8-24-25(30)29(17-20-11-7-10-19-9-5-6-12-21(19)20)26(33-24)28-27-16-18-13-14-22(31-2)23(15-18)32-3/h5-7,9-16,24H,4,8,17H2,1-3H3/b27-16+,28-26-. The molecule has 0 aliphatic carbocycles. The van der Waals surface area contributed by atoms with Gasteiger partial charge in [0, 0.05) is 0 Å². The summed E-state index contributed by atoms with van der Waals surface area (Å²) in [5.41, 5.74) is 1.92. The molecule has 0 radical (unpaired) electrons. The predicted molar refractivity (Wildman–Crippen MR) is 135 cm³/mol. The fourth-order valence-corrected chi connectivity index (χ4v) is 5.07. The van der Waals surface area contributed by atoms with Crippen LogP contribution in [0.2, 0.25) is 0 Å². The number of hydrogen-bond acceptors (Lipinski definition) is 6. The van der Waals surface area contributed by atoms with Gasteiger partial charge in [-0.25, -0.2) is 0 Å². The summed E-state index contributed by atoms with van der Waals surface area (Å²) in [4.78, 5) is 14.9. The first-order valence-corrected chi connectivity index (χ1v) is 11.8. The van der Waals surface area contributed by atoms with Crippen molar-refractivity contribution in [3.05, 3.63) is 71.8 Å². The fraction of sp³-hybridized carbons (Fsp3) is 0.269. The minimum Gasteiger partial charge on any atom is -0.493 e. The number of rotatable bonds is 8. The third kappa shape index (κ3) is 5.03. The maximum absolute atomic E-state index is 13.2. The summed E-state index contributed by atoms with van der Waals surface area (Å²) in [7, 11) is 3.20. The van der Waals surface area contributed by atoms with Crippen LogP contribution in [-0.4, -0.2) is 41.7 Å². The molecule has 1 aliphatic heterocycles. The van der Waals surface area contributed by atoms with Gasteiger partial charge >= 0.3 is 0 Å². The van der Waals surface area contributed by atoms with Crippen molar-refractivity contribution >= 4 is 39.8 Å². The van der Waals surface area contributed by atoms with E-state index >= 15 is 0 Å². The van der Waals surface area contributed by atoms with Crippen molar-refractivity contribution < 1.29 is 14.3 Å². The van der Waals surface area contributed by atoms with Crippen molar-refractivity contribution in [1.82, 2.24) is 4.90 Å². The summed E-state index contributed by atoms with van der Waals surface area (Å²) >= 11 is 1.49. The summed E-state index contributed by atoms with van der Waals surface area (Å²) in [6.45, 7) is 2.56. The van der Waals surface area contributed by atoms with Gasteiger partial charge in [0.05, 0.1) is 32.2 Å². The van der Waals surface area contributed by atoms with Gasteiger partial charge in [0.2, 0.25) is 5.91 Å². The third-order valence-electron chi connectivity index (χ3n) is 5.54. The maximum Gasteiger partial charge on any atom is 0.242 e. The average molecular weight is 462 g/mol. The van der Waals surface area contributed by atoms with Gasteiger partial charge in [-0.05, 0) is 46.5 Å². The van der Waals surface area contributed by atoms with Crippen molar-refractivity contribution in [2.24, 2.45) is 10.2 Å². The lowest BCUT2D eigenvalue weighted by atomic mass is 10.0. The van der Waals surface area contributed by atoms with Crippen molar-refractivity contribution in [2.75, 3.05) is 14.2 Å². The quantitative estimate of drug-likeness (QED) is 0.329. The van der Waals surface area contributed by atoms with Crippen LogP contribution in [0.1, 0.15) is 30.9 Å². The number of thioether (sulfide) groups is 1. The number of ether oxygens (including phenoxy) is 2. The highest BCUT2D eigenvalue weighted by Gasteiger charge is 2.37. The zero-order valence-corrected chi connectivity index (χ0v) is 19.8. The van der Waals surface area contributed by atoms with Gasteiger partial charge in [0.1, 0.15) is 0 Å². The van der Waals surface area contributed by atoms with Gasteiger partial charge < -0.3 is 9.47 Å². The topological polar surface area (TPSA) is 63.5 Å². The monoisotopic (exact) mass is 461 g/mol. The van der Waals surface area contributed by atoms with E-state index in [1.165, 1.54) is 11.8 Å². The Hall–Kier alpha value is -3.32. The number of hydrogen-bond donors (Lipinski definition) is 0. The smallest absolute Gasteiger partial charge is 0.242 e. The van der Waals surface area contributed by atoms with Gasteiger partial charge in [0.15, 0.2) is 16.7 Å². The molecular weight excluding hydrogens is 434 g/mol. The number of benzene rings is 3. The number of amidine groups is 1. The summed E-state index contributed by atoms with van der Waals surface area (Å²) in [6, 6.07) is 19.9. The van der Waals surface area contributed by atoms with Crippen molar-refractivity contribution in [1.29, 1.82) is 0 Å². The van der Waals surface area contributed by atoms with Crippen LogP contribution in [0.4, 0.5) is 0 Å². The second-order valence-electron chi connectivity index (χ2n) is 7.70. The van der Waals surface area contributed by atoms with Crippen LogP contribution >= 0.6 is 11.8 Å². The Bertz CT molecular complexity index is 1200. The Labute approximate surface area is 198 Å². The van der Waals surface area contributed by atoms with Crippen molar-refractivity contribution in [3.8, 4) is 11.5 Å². The second kappa shape index (κ2) is 10.5. The Balaban J connectivity index is 1.61. The molecule has 0 spiro atoms. The molecule has 33 heavy (non-hydrogen) atoms. The van der Waals surface area contributed by atoms with Crippen LogP contribution < -0.4 is 9.47 Å². The van der Waals surface area contributed by atoms with Crippen LogP contribution in [0.15, 0.2) is 70.9 Å². The molecule has 1 heterocycles. The minimum atomic E-state index is -0.125. The van der Waals surface area contributed by atoms with E-state index in [-0.39, 0.29) is 11.2 Å². The van der Waals surface area contributed by atoms with Crippen LogP contribution in [-0.2, 0) is 11.3 Å². The van der Waals surface area contributed by atoms with Crippen LogP contribution in [0.25, 0.3) is 10.8 Å². The van der Waals surface area contributed by atoms with Gasteiger partial charge in [-0.15, -0.1) is 5.10 Å². The molecule has 6 nitrogen and oxygen atoms in total. The Morgan fingerprint density at radius 2 is 1.82 bits per heavy atom. The van der Waals surface area contributed by atoms with Gasteiger partial charge in [-0.2, -0.15) is 5.10 Å². The summed E-state index contributed by atoms with van der Waals surface area (Å²) in [5.74, 6) is 1.37. The Morgan fingerprint density at radius 1 is 1.03 bits per heavy atom. The molecule has 1 saturated heterocycles. The van der Waals surface area contributed by atoms with Crippen LogP contribution in [0.5, 0.6) is 11.5 Å². The molecule has 0 bridgehead atoms. The third-order valence-corrected chi connectivity index (χ3v) is 6.77. The normalized spacial score (nSPS) is 17.4. The van der Waals surface area contributed by atoms with E-state index in [2.05, 4.69) is 41.4 Å². The maximum atomic E-state index is 13.2. The Morgan fingerprint density at radius 3 is 2.61 bits per heavy atom. The molecule has 1 fully saturated rings. The average Bonchev–Trinajstić information content (AvgIpc) is 3.13. The Kier molecular flexibility index (Phi) is 7.29. The first-order valence-electron chi connectivity index (χ1n) is 10.9. The zero-order valence-electron chi connectivity index (χ0n) is 19.0. The number of carbonyl (C=O) groups is 1. The van der Waals surface area contributed by atoms with Crippen LogP contribution in [0.3, 0.4) is 0 Å². The molecule has 0 aromatic heterocycles. The number of amides is 1. The number of carbonyl (C=O) groups excluding carboxylic acids is 1. The predicted octanol–water partition coefficient (Wildman–Crippen LogP) is 5.49. The molecule has 7 heteroatoms. The van der Waals surface area contributed by atoms with Gasteiger partial charge in [-0.3, -0.25) is 9.69 Å². The van der Waals surface area contributed by atoms with E-state index in [1.807, 2.05) is 36.4 Å². The number of nitrogens with zero attached hydrogens (tertiary/aromatic N) is 3. The summed E-state index contributed by atoms with van der Waals surface area (Å²) in [5, 5.41) is 11.5. The van der Waals surface area contributed by atoms with E-state index in [9.17, 15) is 4.79 Å². The summed E-state index contributed by atoms with van der Waals surface area (Å²) in [6.07, 6.45) is 3.41. The zero-order chi connectivity index (χ0) is 23.2. The molecule has 170 valence electrons. The molecule has 3 aromatic rings. The van der Waals surface area contributed by atoms with Crippen molar-refractivity contribution in [2.45, 2.75) is 31.6 Å². The second-order valence-corrected chi connectivity index (χ2v) is 8.87. The minimum absolute atomic E-state index is 0.0925. The molecule has 0 N–H and O–H groups in total. The highest BCUT2D eigenvalue weighted by atomic mass is 32.2. The van der Waals surface area contributed by atoms with Gasteiger partial charge in [0.25, 0.3) is 0 Å². The molecule has 1 atom stereocenters. The lowest BCUT2D eigenvalue weighted by molar-refractivity contribution is -0.126. The first kappa shape index (κ1) is 22.9. The van der Waals surface area contributed by atoms with E-state index in [0.29, 0.717) is 23.2 Å². The van der Waals surface area contributed by atoms with E-state index in [4.69, 9.17) is 9.47 Å². The summed E-state index contributed by atoms with van der Waals surface area (Å²) < 4.78 is 10.6. The number of fused-ring (bicyclic) bond motifs is 1. The molecule has 4 rings (SSSR count). The number of methoxy groups -OCH3 is 2. The molecular formula is C26H27N3O3S. The van der Waals surface area contributed by atoms with E-state index < -0.39 is 0 Å². The van der Waals surface area contributed by atoms with Crippen LogP contribution in [0, 0.1) is 0 Å². The van der Waals surface area contributed by atoms with Crippen molar-refractivity contribution in [3.63, 3.8) is 0 Å². The molecule has 1 amide bonds. The van der Waals surface area contributed by atoms with E-state index in [0.717, 1.165) is 34.7 Å². The largest absolute Gasteiger partial charge is 0.493 e. The SMILES string of the molecule is CCCC1S/C(=N\N=C\c2ccc(OC)c(OC)c2)N(Cc2cccc3ccccc23)C1=O. The van der Waals surface area contributed by atoms with Gasteiger partial charge in [-0.1, -0.05) is 67.6 Å².